The van der Waals surface area contributed by atoms with Crippen LogP contribution >= 0.6 is 23.2 Å². The lowest BCUT2D eigenvalue weighted by atomic mass is 10.0. The first-order valence-electron chi connectivity index (χ1n) is 20.1. The van der Waals surface area contributed by atoms with Gasteiger partial charge in [-0.3, -0.25) is 9.59 Å². The van der Waals surface area contributed by atoms with Crippen molar-refractivity contribution in [1.82, 2.24) is 29.7 Å². The highest BCUT2D eigenvalue weighted by atomic mass is 35.5. The number of carboxylic acid groups (broad SMARTS) is 2. The minimum Gasteiger partial charge on any atom is -0.496 e. The Balaban J connectivity index is 0.000000192. The van der Waals surface area contributed by atoms with Crippen molar-refractivity contribution >= 4 is 47.0 Å². The lowest BCUT2D eigenvalue weighted by molar-refractivity contribution is -0.142. The van der Waals surface area contributed by atoms with Gasteiger partial charge in [-0.1, -0.05) is 71.7 Å². The zero-order chi connectivity index (χ0) is 45.5. The molecule has 8 rings (SSSR count). The number of likely N-dealkylation sites (tertiary alicyclic amines) is 2. The molecule has 6 aromatic rings. The summed E-state index contributed by atoms with van der Waals surface area (Å²) in [4.78, 5) is 70.2. The van der Waals surface area contributed by atoms with E-state index in [0.717, 1.165) is 16.7 Å². The molecule has 0 spiro atoms. The first kappa shape index (κ1) is 44.9. The molecule has 15 nitrogen and oxygen atoms in total. The molecule has 2 aromatic heterocycles. The quantitative estimate of drug-likeness (QED) is 0.126. The number of aliphatic carboxylic acids is 2. The molecule has 17 heteroatoms. The molecule has 2 aliphatic heterocycles. The van der Waals surface area contributed by atoms with Crippen LogP contribution in [-0.4, -0.2) is 97.1 Å². The summed E-state index contributed by atoms with van der Waals surface area (Å²) in [6, 6.07) is 27.5. The highest BCUT2D eigenvalue weighted by Gasteiger charge is 2.44. The third-order valence-corrected chi connectivity index (χ3v) is 11.8. The molecule has 0 bridgehead atoms. The van der Waals surface area contributed by atoms with Crippen LogP contribution in [0.4, 0.5) is 0 Å². The monoisotopic (exact) mass is 904 g/mol. The molecular formula is C47H42Cl2N6O9. The summed E-state index contributed by atoms with van der Waals surface area (Å²) in [7, 11) is 4.46. The second kappa shape index (κ2) is 19.9. The normalized spacial score (nSPS) is 17.8. The van der Waals surface area contributed by atoms with E-state index < -0.39 is 42.0 Å². The van der Waals surface area contributed by atoms with Gasteiger partial charge in [0.25, 0.3) is 11.8 Å². The maximum Gasteiger partial charge on any atom is 0.326 e. The number of rotatable bonds is 11. The Bertz CT molecular complexity index is 2690. The van der Waals surface area contributed by atoms with Crippen molar-refractivity contribution in [2.75, 3.05) is 21.3 Å². The molecular weight excluding hydrogens is 863 g/mol. The largest absolute Gasteiger partial charge is 0.496 e. The van der Waals surface area contributed by atoms with Gasteiger partial charge in [0.2, 0.25) is 0 Å². The first-order valence-corrected chi connectivity index (χ1v) is 20.8. The van der Waals surface area contributed by atoms with Crippen molar-refractivity contribution < 1.29 is 43.6 Å². The van der Waals surface area contributed by atoms with E-state index in [9.17, 15) is 29.4 Å². The third kappa shape index (κ3) is 9.45. The van der Waals surface area contributed by atoms with Gasteiger partial charge < -0.3 is 34.2 Å². The third-order valence-electron chi connectivity index (χ3n) is 11.1. The van der Waals surface area contributed by atoms with Gasteiger partial charge in [-0.15, -0.1) is 0 Å². The second-order valence-electron chi connectivity index (χ2n) is 14.7. The fourth-order valence-corrected chi connectivity index (χ4v) is 8.60. The summed E-state index contributed by atoms with van der Waals surface area (Å²) >= 11 is 12.7. The Kier molecular flexibility index (Phi) is 14.0. The van der Waals surface area contributed by atoms with Crippen molar-refractivity contribution in [2.24, 2.45) is 0 Å². The Labute approximate surface area is 378 Å². The fourth-order valence-electron chi connectivity index (χ4n) is 8.08. The topological polar surface area (TPSA) is 194 Å². The minimum atomic E-state index is -1.05. The van der Waals surface area contributed by atoms with Gasteiger partial charge in [0.05, 0.1) is 44.8 Å². The van der Waals surface area contributed by atoms with Crippen LogP contribution in [0.2, 0.25) is 10.0 Å². The van der Waals surface area contributed by atoms with E-state index in [1.165, 1.54) is 31.1 Å². The Morgan fingerprint density at radius 3 is 1.53 bits per heavy atom. The number of amides is 2. The summed E-state index contributed by atoms with van der Waals surface area (Å²) in [5.74, 6) is -2.40. The number of hydrogen-bond donors (Lipinski definition) is 2. The SMILES string of the molecule is COc1nccc(-c2ccc(C(=O)N3[C@@H](c4ccccc4Cl)CC[C@H]3C(=O)O)cc2)n1.COc1nccc(-c2ccc(C(=O)N3[C@@H](c4ccccc4Cl)CC[C@H]3C(=O)O)cc2OC)n1. The van der Waals surface area contributed by atoms with E-state index in [1.807, 2.05) is 30.3 Å². The minimum absolute atomic E-state index is 0.207. The van der Waals surface area contributed by atoms with Crippen molar-refractivity contribution in [1.29, 1.82) is 0 Å². The van der Waals surface area contributed by atoms with Gasteiger partial charge in [-0.25, -0.2) is 19.6 Å². The van der Waals surface area contributed by atoms with Crippen LogP contribution in [0.5, 0.6) is 17.8 Å². The molecule has 328 valence electrons. The standard InChI is InChI=1S/C24H22ClN3O5.C23H20ClN3O4/c1-32-21-13-14(7-8-16(21)18-11-12-26-24(27-18)33-2)22(29)28-19(9-10-20(28)23(30)31)15-5-3-4-6-17(15)25;1-31-23-25-13-12-18(26-23)14-6-8-15(9-7-14)21(28)27-19(10-11-20(27)22(29)30)16-4-2-3-5-17(16)24/h3-8,11-13,19-20H,9-10H2,1-2H3,(H,30,31);2-9,12-13,19-20H,10-11H2,1H3,(H,29,30)/t2*19-,20+/m11/s1. The molecule has 0 radical (unpaired) electrons. The summed E-state index contributed by atoms with van der Waals surface area (Å²) in [6.45, 7) is 0. The Morgan fingerprint density at radius 1 is 0.578 bits per heavy atom. The number of carboxylic acids is 2. The molecule has 0 unspecified atom stereocenters. The lowest BCUT2D eigenvalue weighted by Gasteiger charge is -2.29. The van der Waals surface area contributed by atoms with E-state index in [4.69, 9.17) is 37.4 Å². The summed E-state index contributed by atoms with van der Waals surface area (Å²) < 4.78 is 15.7. The van der Waals surface area contributed by atoms with Crippen molar-refractivity contribution in [3.8, 4) is 40.3 Å². The molecule has 2 fully saturated rings. The summed E-state index contributed by atoms with van der Waals surface area (Å²) in [6.07, 6.45) is 4.90. The highest BCUT2D eigenvalue weighted by Crippen LogP contribution is 2.42. The van der Waals surface area contributed by atoms with Crippen LogP contribution in [0.15, 0.2) is 116 Å². The van der Waals surface area contributed by atoms with E-state index in [-0.39, 0.29) is 17.9 Å². The summed E-state index contributed by atoms with van der Waals surface area (Å²) in [5, 5.41) is 20.5. The summed E-state index contributed by atoms with van der Waals surface area (Å²) in [5.41, 5.74) is 4.85. The number of nitrogens with zero attached hydrogens (tertiary/aromatic N) is 6. The number of hydrogen-bond acceptors (Lipinski definition) is 11. The molecule has 2 N–H and O–H groups in total. The van der Waals surface area contributed by atoms with Gasteiger partial charge in [-0.05, 0) is 91.4 Å². The molecule has 2 saturated heterocycles. The number of benzene rings is 4. The van der Waals surface area contributed by atoms with Gasteiger partial charge >= 0.3 is 24.0 Å². The van der Waals surface area contributed by atoms with E-state index in [2.05, 4.69) is 19.9 Å². The predicted molar refractivity (Wildman–Crippen MR) is 237 cm³/mol. The van der Waals surface area contributed by atoms with Crippen LogP contribution in [0, 0.1) is 0 Å². The molecule has 2 aliphatic rings. The van der Waals surface area contributed by atoms with Crippen molar-refractivity contribution in [3.63, 3.8) is 0 Å². The first-order chi connectivity index (χ1) is 30.9. The van der Waals surface area contributed by atoms with Crippen LogP contribution in [-0.2, 0) is 9.59 Å². The van der Waals surface area contributed by atoms with Crippen LogP contribution in [0.25, 0.3) is 22.5 Å². The van der Waals surface area contributed by atoms with Crippen molar-refractivity contribution in [3.05, 3.63) is 148 Å². The average Bonchev–Trinajstić information content (AvgIpc) is 3.98. The second-order valence-corrected chi connectivity index (χ2v) is 15.5. The number of halogens is 2. The number of carbonyl (C=O) groups excluding carboxylic acids is 2. The van der Waals surface area contributed by atoms with Gasteiger partial charge in [0, 0.05) is 44.7 Å². The Morgan fingerprint density at radius 2 is 1.05 bits per heavy atom. The number of carbonyl (C=O) groups is 4. The number of methoxy groups -OCH3 is 3. The molecule has 4 atom stereocenters. The van der Waals surface area contributed by atoms with E-state index in [0.29, 0.717) is 69.6 Å². The van der Waals surface area contributed by atoms with Gasteiger partial charge in [0.15, 0.2) is 0 Å². The van der Waals surface area contributed by atoms with Gasteiger partial charge in [-0.2, -0.15) is 9.97 Å². The maximum atomic E-state index is 13.6. The number of ether oxygens (including phenoxy) is 3. The van der Waals surface area contributed by atoms with Crippen LogP contribution in [0.1, 0.15) is 69.6 Å². The fraction of sp³-hybridized carbons (Fsp3) is 0.234. The molecule has 0 aliphatic carbocycles. The van der Waals surface area contributed by atoms with E-state index in [1.54, 1.807) is 85.2 Å². The zero-order valence-electron chi connectivity index (χ0n) is 34.8. The molecule has 4 aromatic carbocycles. The molecule has 2 amide bonds. The van der Waals surface area contributed by atoms with Crippen molar-refractivity contribution in [2.45, 2.75) is 49.9 Å². The smallest absolute Gasteiger partial charge is 0.326 e. The zero-order valence-corrected chi connectivity index (χ0v) is 36.3. The molecule has 64 heavy (non-hydrogen) atoms. The Hall–Kier alpha value is -7.10. The van der Waals surface area contributed by atoms with Crippen LogP contribution in [0.3, 0.4) is 0 Å². The maximum absolute atomic E-state index is 13.6. The van der Waals surface area contributed by atoms with Crippen LogP contribution < -0.4 is 14.2 Å². The lowest BCUT2D eigenvalue weighted by Crippen LogP contribution is -2.41. The predicted octanol–water partition coefficient (Wildman–Crippen LogP) is 8.48. The van der Waals surface area contributed by atoms with Gasteiger partial charge in [0.1, 0.15) is 17.8 Å². The van der Waals surface area contributed by atoms with E-state index >= 15 is 0 Å². The highest BCUT2D eigenvalue weighted by molar-refractivity contribution is 6.31. The average molecular weight is 906 g/mol. The molecule has 4 heterocycles. The molecule has 0 saturated carbocycles. The number of aromatic nitrogens is 4.